The fourth-order valence-electron chi connectivity index (χ4n) is 1.05. The maximum atomic E-state index is 11.5. The SMILES string of the molecule is Cc1c(C(=O)N(C)C)n[nH]c1CN. The molecule has 72 valence electrons. The Morgan fingerprint density at radius 2 is 2.23 bits per heavy atom. The maximum absolute atomic E-state index is 11.5. The summed E-state index contributed by atoms with van der Waals surface area (Å²) in [6.45, 7) is 2.21. The second-order valence-corrected chi connectivity index (χ2v) is 3.08. The number of nitrogens with two attached hydrogens (primary N) is 1. The summed E-state index contributed by atoms with van der Waals surface area (Å²) in [6, 6.07) is 0. The highest BCUT2D eigenvalue weighted by Gasteiger charge is 2.16. The predicted octanol–water partition coefficient (Wildman–Crippen LogP) is -0.121. The molecule has 0 spiro atoms. The van der Waals surface area contributed by atoms with Crippen molar-refractivity contribution >= 4 is 5.91 Å². The van der Waals surface area contributed by atoms with Gasteiger partial charge in [0, 0.05) is 26.2 Å². The molecular formula is C8H14N4O. The van der Waals surface area contributed by atoms with Crippen LogP contribution in [0.25, 0.3) is 0 Å². The summed E-state index contributed by atoms with van der Waals surface area (Å²) >= 11 is 0. The van der Waals surface area contributed by atoms with Crippen LogP contribution in [0.1, 0.15) is 21.7 Å². The molecule has 1 rings (SSSR count). The molecule has 0 saturated heterocycles. The lowest BCUT2D eigenvalue weighted by atomic mass is 10.2. The van der Waals surface area contributed by atoms with Gasteiger partial charge in [-0.15, -0.1) is 0 Å². The van der Waals surface area contributed by atoms with Crippen molar-refractivity contribution < 1.29 is 4.79 Å². The van der Waals surface area contributed by atoms with E-state index < -0.39 is 0 Å². The standard InChI is InChI=1S/C8H14N4O/c1-5-6(4-9)10-11-7(5)8(13)12(2)3/h4,9H2,1-3H3,(H,10,11). The number of amides is 1. The van der Waals surface area contributed by atoms with Crippen molar-refractivity contribution in [2.75, 3.05) is 14.1 Å². The van der Waals surface area contributed by atoms with Gasteiger partial charge in [0.25, 0.3) is 5.91 Å². The van der Waals surface area contributed by atoms with E-state index in [1.165, 1.54) is 4.90 Å². The molecule has 1 heterocycles. The van der Waals surface area contributed by atoms with Crippen molar-refractivity contribution in [3.05, 3.63) is 17.0 Å². The molecule has 0 aliphatic rings. The lowest BCUT2D eigenvalue weighted by Crippen LogP contribution is -2.22. The van der Waals surface area contributed by atoms with Gasteiger partial charge in [-0.3, -0.25) is 9.89 Å². The zero-order chi connectivity index (χ0) is 10.0. The molecule has 0 saturated carbocycles. The van der Waals surface area contributed by atoms with Crippen molar-refractivity contribution in [3.63, 3.8) is 0 Å². The first-order chi connectivity index (χ1) is 6.07. The van der Waals surface area contributed by atoms with Gasteiger partial charge in [0.15, 0.2) is 5.69 Å². The normalized spacial score (nSPS) is 10.2. The molecule has 3 N–H and O–H groups in total. The van der Waals surface area contributed by atoms with E-state index in [4.69, 9.17) is 5.73 Å². The predicted molar refractivity (Wildman–Crippen MR) is 49.2 cm³/mol. The van der Waals surface area contributed by atoms with E-state index in [2.05, 4.69) is 10.2 Å². The number of carbonyl (C=O) groups excluding carboxylic acids is 1. The molecule has 0 fully saturated rings. The van der Waals surface area contributed by atoms with Crippen LogP contribution in [0, 0.1) is 6.92 Å². The highest BCUT2D eigenvalue weighted by Crippen LogP contribution is 2.10. The fourth-order valence-corrected chi connectivity index (χ4v) is 1.05. The van der Waals surface area contributed by atoms with Crippen molar-refractivity contribution in [2.24, 2.45) is 5.73 Å². The van der Waals surface area contributed by atoms with Gasteiger partial charge in [-0.2, -0.15) is 5.10 Å². The first-order valence-corrected chi connectivity index (χ1v) is 4.03. The molecule has 0 bridgehead atoms. The minimum atomic E-state index is -0.103. The van der Waals surface area contributed by atoms with Crippen LogP contribution in [0.4, 0.5) is 0 Å². The molecule has 13 heavy (non-hydrogen) atoms. The minimum Gasteiger partial charge on any atom is -0.343 e. The van der Waals surface area contributed by atoms with Crippen molar-refractivity contribution in [1.29, 1.82) is 0 Å². The molecule has 0 unspecified atom stereocenters. The molecule has 0 aromatic carbocycles. The summed E-state index contributed by atoms with van der Waals surface area (Å²) in [5.41, 5.74) is 7.54. The average Bonchev–Trinajstić information content (AvgIpc) is 2.45. The Bertz CT molecular complexity index is 316. The topological polar surface area (TPSA) is 75.0 Å². The van der Waals surface area contributed by atoms with Gasteiger partial charge in [0.1, 0.15) is 0 Å². The van der Waals surface area contributed by atoms with Gasteiger partial charge >= 0.3 is 0 Å². The third kappa shape index (κ3) is 1.70. The molecule has 0 aliphatic carbocycles. The van der Waals surface area contributed by atoms with Crippen LogP contribution in [0.5, 0.6) is 0 Å². The Morgan fingerprint density at radius 1 is 1.62 bits per heavy atom. The number of rotatable bonds is 2. The summed E-state index contributed by atoms with van der Waals surface area (Å²) in [7, 11) is 3.39. The highest BCUT2D eigenvalue weighted by molar-refractivity contribution is 5.93. The van der Waals surface area contributed by atoms with Crippen LogP contribution in [-0.2, 0) is 6.54 Å². The van der Waals surface area contributed by atoms with E-state index in [1.807, 2.05) is 6.92 Å². The number of nitrogens with zero attached hydrogens (tertiary/aromatic N) is 2. The number of H-pyrrole nitrogens is 1. The summed E-state index contributed by atoms with van der Waals surface area (Å²) in [4.78, 5) is 13.0. The van der Waals surface area contributed by atoms with Gasteiger partial charge < -0.3 is 10.6 Å². The number of nitrogens with one attached hydrogen (secondary N) is 1. The number of hydrogen-bond acceptors (Lipinski definition) is 3. The number of aromatic nitrogens is 2. The maximum Gasteiger partial charge on any atom is 0.274 e. The quantitative estimate of drug-likeness (QED) is 0.669. The molecule has 0 radical (unpaired) electrons. The van der Waals surface area contributed by atoms with Gasteiger partial charge in [-0.1, -0.05) is 0 Å². The van der Waals surface area contributed by atoms with E-state index in [1.54, 1.807) is 14.1 Å². The van der Waals surface area contributed by atoms with Crippen LogP contribution >= 0.6 is 0 Å². The summed E-state index contributed by atoms with van der Waals surface area (Å²) in [5, 5.41) is 6.65. The summed E-state index contributed by atoms with van der Waals surface area (Å²) in [6.07, 6.45) is 0. The molecule has 1 aromatic rings. The smallest absolute Gasteiger partial charge is 0.274 e. The molecule has 0 aliphatic heterocycles. The number of aromatic amines is 1. The number of hydrogen-bond donors (Lipinski definition) is 2. The average molecular weight is 182 g/mol. The molecule has 0 atom stereocenters. The third-order valence-electron chi connectivity index (χ3n) is 1.92. The van der Waals surface area contributed by atoms with Crippen molar-refractivity contribution in [2.45, 2.75) is 13.5 Å². The lowest BCUT2D eigenvalue weighted by Gasteiger charge is -2.07. The van der Waals surface area contributed by atoms with E-state index in [0.29, 0.717) is 12.2 Å². The van der Waals surface area contributed by atoms with Crippen LogP contribution in [-0.4, -0.2) is 35.1 Å². The van der Waals surface area contributed by atoms with E-state index >= 15 is 0 Å². The van der Waals surface area contributed by atoms with Crippen LogP contribution in [0.15, 0.2) is 0 Å². The monoisotopic (exact) mass is 182 g/mol. The van der Waals surface area contributed by atoms with E-state index in [9.17, 15) is 4.79 Å². The Morgan fingerprint density at radius 3 is 2.62 bits per heavy atom. The first-order valence-electron chi connectivity index (χ1n) is 4.03. The van der Waals surface area contributed by atoms with Gasteiger partial charge in [-0.25, -0.2) is 0 Å². The molecule has 1 amide bonds. The van der Waals surface area contributed by atoms with Gasteiger partial charge in [-0.05, 0) is 6.92 Å². The molecule has 5 heteroatoms. The first kappa shape index (κ1) is 9.73. The molecule has 1 aromatic heterocycles. The van der Waals surface area contributed by atoms with E-state index in [-0.39, 0.29) is 5.91 Å². The second kappa shape index (κ2) is 3.57. The number of carbonyl (C=O) groups is 1. The third-order valence-corrected chi connectivity index (χ3v) is 1.92. The largest absolute Gasteiger partial charge is 0.343 e. The second-order valence-electron chi connectivity index (χ2n) is 3.08. The van der Waals surface area contributed by atoms with Gasteiger partial charge in [0.2, 0.25) is 0 Å². The lowest BCUT2D eigenvalue weighted by molar-refractivity contribution is 0.0821. The van der Waals surface area contributed by atoms with Crippen molar-refractivity contribution in [3.8, 4) is 0 Å². The van der Waals surface area contributed by atoms with Crippen LogP contribution in [0.2, 0.25) is 0 Å². The molecular weight excluding hydrogens is 168 g/mol. The van der Waals surface area contributed by atoms with E-state index in [0.717, 1.165) is 11.3 Å². The summed E-state index contributed by atoms with van der Waals surface area (Å²) in [5.74, 6) is -0.103. The molecule has 5 nitrogen and oxygen atoms in total. The highest BCUT2D eigenvalue weighted by atomic mass is 16.2. The Balaban J connectivity index is 3.02. The Kier molecular flexibility index (Phi) is 2.67. The Hall–Kier alpha value is -1.36. The minimum absolute atomic E-state index is 0.103. The zero-order valence-corrected chi connectivity index (χ0v) is 8.09. The summed E-state index contributed by atoms with van der Waals surface area (Å²) < 4.78 is 0. The van der Waals surface area contributed by atoms with Crippen LogP contribution < -0.4 is 5.73 Å². The van der Waals surface area contributed by atoms with Crippen molar-refractivity contribution in [1.82, 2.24) is 15.1 Å². The van der Waals surface area contributed by atoms with Crippen LogP contribution in [0.3, 0.4) is 0 Å². The zero-order valence-electron chi connectivity index (χ0n) is 8.09. The fraction of sp³-hybridized carbons (Fsp3) is 0.500. The van der Waals surface area contributed by atoms with Gasteiger partial charge in [0.05, 0.1) is 5.69 Å². The Labute approximate surface area is 76.9 Å².